The number of aliphatic imine (C=N–C) groups is 1. The smallest absolute Gasteiger partial charge is 0.332 e. The largest absolute Gasteiger partial charge is 0.443 e. The lowest BCUT2D eigenvalue weighted by Crippen LogP contribution is -2.43. The summed E-state index contributed by atoms with van der Waals surface area (Å²) in [6, 6.07) is 11.2. The van der Waals surface area contributed by atoms with Crippen LogP contribution in [0.3, 0.4) is 0 Å². The van der Waals surface area contributed by atoms with Gasteiger partial charge in [-0.15, -0.1) is 0 Å². The average molecular weight is 548 g/mol. The van der Waals surface area contributed by atoms with Gasteiger partial charge in [0, 0.05) is 30.1 Å². The zero-order valence-electron chi connectivity index (χ0n) is 20.5. The summed E-state index contributed by atoms with van der Waals surface area (Å²) in [4.78, 5) is 30.4. The molecular formula is C27H25Cl2F2N3O3. The van der Waals surface area contributed by atoms with E-state index in [0.29, 0.717) is 17.0 Å². The van der Waals surface area contributed by atoms with Crippen molar-refractivity contribution < 1.29 is 13.5 Å². The Morgan fingerprint density at radius 3 is 2.49 bits per heavy atom. The van der Waals surface area contributed by atoms with E-state index >= 15 is 0 Å². The van der Waals surface area contributed by atoms with Crippen LogP contribution in [0.1, 0.15) is 30.5 Å². The van der Waals surface area contributed by atoms with Gasteiger partial charge in [-0.25, -0.2) is 4.79 Å². The molecule has 194 valence electrons. The lowest BCUT2D eigenvalue weighted by atomic mass is 9.91. The summed E-state index contributed by atoms with van der Waals surface area (Å²) < 4.78 is 38.0. The van der Waals surface area contributed by atoms with Gasteiger partial charge in [-0.1, -0.05) is 41.9 Å². The number of fused-ring (bicyclic) bond motifs is 1. The van der Waals surface area contributed by atoms with Crippen molar-refractivity contribution in [2.45, 2.75) is 39.2 Å². The molecule has 0 N–H and O–H groups in total. The van der Waals surface area contributed by atoms with Crippen molar-refractivity contribution in [1.29, 1.82) is 0 Å². The first-order valence-corrected chi connectivity index (χ1v) is 12.4. The molecule has 0 spiro atoms. The molecule has 0 fully saturated rings. The van der Waals surface area contributed by atoms with Crippen molar-refractivity contribution in [2.24, 2.45) is 18.0 Å². The van der Waals surface area contributed by atoms with Crippen LogP contribution in [-0.4, -0.2) is 15.0 Å². The molecule has 1 aromatic heterocycles. The fourth-order valence-corrected chi connectivity index (χ4v) is 4.64. The topological polar surface area (TPSA) is 65.6 Å². The summed E-state index contributed by atoms with van der Waals surface area (Å²) in [6.45, 7) is 6.54. The predicted octanol–water partition coefficient (Wildman–Crippen LogP) is 6.07. The van der Waals surface area contributed by atoms with Gasteiger partial charge in [-0.05, 0) is 68.2 Å². The third-order valence-corrected chi connectivity index (χ3v) is 6.95. The number of hydrogen-bond donors (Lipinski definition) is 0. The summed E-state index contributed by atoms with van der Waals surface area (Å²) in [7, 11) is 1.53. The third-order valence-electron chi connectivity index (χ3n) is 6.37. The van der Waals surface area contributed by atoms with Crippen LogP contribution in [-0.2, 0) is 32.4 Å². The van der Waals surface area contributed by atoms with Crippen LogP contribution < -0.4 is 16.0 Å². The molecule has 0 amide bonds. The van der Waals surface area contributed by atoms with E-state index in [4.69, 9.17) is 27.9 Å². The minimum absolute atomic E-state index is 0.0931. The van der Waals surface area contributed by atoms with Crippen molar-refractivity contribution in [3.8, 4) is 5.75 Å². The van der Waals surface area contributed by atoms with Crippen LogP contribution >= 0.6 is 23.2 Å². The predicted molar refractivity (Wildman–Crippen MR) is 142 cm³/mol. The molecule has 1 aliphatic rings. The van der Waals surface area contributed by atoms with E-state index < -0.39 is 28.7 Å². The standard InChI is InChI=1S/C27H25Cl2F2N3O3/c1-5-34-25(35)20-13-17(12-16-6-8-18(28)9-7-16)24(32-23(20)33(4)26(34)36)37-19-10-11-22(29)21(14-19)27(30,31)15(2)3/h6-11,14,17H,2,5,12-13H2,1,3-4H3. The van der Waals surface area contributed by atoms with Gasteiger partial charge in [0.25, 0.3) is 11.5 Å². The highest BCUT2D eigenvalue weighted by atomic mass is 35.5. The molecular weight excluding hydrogens is 523 g/mol. The zero-order chi connectivity index (χ0) is 27.1. The number of nitrogens with zero attached hydrogens (tertiary/aromatic N) is 3. The van der Waals surface area contributed by atoms with E-state index in [0.717, 1.165) is 16.2 Å². The van der Waals surface area contributed by atoms with Crippen molar-refractivity contribution in [3.05, 3.63) is 102 Å². The lowest BCUT2D eigenvalue weighted by molar-refractivity contribution is 0.0385. The van der Waals surface area contributed by atoms with Crippen molar-refractivity contribution in [1.82, 2.24) is 9.13 Å². The van der Waals surface area contributed by atoms with Gasteiger partial charge in [-0.2, -0.15) is 13.8 Å². The van der Waals surface area contributed by atoms with Crippen LogP contribution in [0.5, 0.6) is 5.75 Å². The quantitative estimate of drug-likeness (QED) is 0.352. The maximum Gasteiger partial charge on any atom is 0.332 e. The number of rotatable bonds is 6. The molecule has 10 heteroatoms. The molecule has 0 radical (unpaired) electrons. The van der Waals surface area contributed by atoms with E-state index in [1.807, 2.05) is 12.1 Å². The molecule has 0 saturated heterocycles. The molecule has 4 rings (SSSR count). The molecule has 1 atom stereocenters. The summed E-state index contributed by atoms with van der Waals surface area (Å²) in [6.07, 6.45) is 0.679. The Kier molecular flexibility index (Phi) is 7.44. The van der Waals surface area contributed by atoms with E-state index in [-0.39, 0.29) is 41.0 Å². The normalized spacial score (nSPS) is 15.2. The van der Waals surface area contributed by atoms with Crippen LogP contribution in [0.15, 0.2) is 69.2 Å². The SMILES string of the molecule is C=C(C)C(F)(F)c1cc(OC2=Nc3c(c(=O)n(CC)c(=O)n3C)CC2Cc2ccc(Cl)cc2)ccc1Cl. The van der Waals surface area contributed by atoms with Gasteiger partial charge in [0.05, 0.1) is 10.6 Å². The fraction of sp³-hybridized carbons (Fsp3) is 0.296. The monoisotopic (exact) mass is 547 g/mol. The Morgan fingerprint density at radius 2 is 1.86 bits per heavy atom. The molecule has 1 unspecified atom stereocenters. The van der Waals surface area contributed by atoms with Crippen molar-refractivity contribution in [3.63, 3.8) is 0 Å². The van der Waals surface area contributed by atoms with Crippen LogP contribution in [0.25, 0.3) is 0 Å². The maximum atomic E-state index is 14.7. The highest BCUT2D eigenvalue weighted by Crippen LogP contribution is 2.40. The van der Waals surface area contributed by atoms with Gasteiger partial charge in [0.2, 0.25) is 0 Å². The number of ether oxygens (including phenoxy) is 1. The summed E-state index contributed by atoms with van der Waals surface area (Å²) in [5.74, 6) is -3.31. The van der Waals surface area contributed by atoms with Crippen LogP contribution in [0.2, 0.25) is 10.0 Å². The summed E-state index contributed by atoms with van der Waals surface area (Å²) in [5.41, 5.74) is -0.400. The minimum Gasteiger partial charge on any atom is -0.443 e. The van der Waals surface area contributed by atoms with E-state index in [2.05, 4.69) is 11.6 Å². The maximum absolute atomic E-state index is 14.7. The number of allylic oxidation sites excluding steroid dienone is 1. The second-order valence-electron chi connectivity index (χ2n) is 8.97. The molecule has 6 nitrogen and oxygen atoms in total. The van der Waals surface area contributed by atoms with Gasteiger partial charge in [0.15, 0.2) is 5.90 Å². The molecule has 0 bridgehead atoms. The Labute approximate surface area is 222 Å². The summed E-state index contributed by atoms with van der Waals surface area (Å²) >= 11 is 12.1. The van der Waals surface area contributed by atoms with Crippen LogP contribution in [0, 0.1) is 5.92 Å². The Morgan fingerprint density at radius 1 is 1.19 bits per heavy atom. The molecule has 1 aliphatic heterocycles. The first kappa shape index (κ1) is 26.8. The molecule has 2 heterocycles. The second kappa shape index (κ2) is 10.3. The molecule has 3 aromatic rings. The number of aromatic nitrogens is 2. The molecule has 0 saturated carbocycles. The van der Waals surface area contributed by atoms with Gasteiger partial charge in [0.1, 0.15) is 11.6 Å². The van der Waals surface area contributed by atoms with Crippen molar-refractivity contribution in [2.75, 3.05) is 0 Å². The van der Waals surface area contributed by atoms with Gasteiger partial charge < -0.3 is 4.74 Å². The fourth-order valence-electron chi connectivity index (χ4n) is 4.28. The Balaban J connectivity index is 1.82. The number of benzene rings is 2. The zero-order valence-corrected chi connectivity index (χ0v) is 22.0. The van der Waals surface area contributed by atoms with Crippen LogP contribution in [0.4, 0.5) is 14.6 Å². The average Bonchev–Trinajstić information content (AvgIpc) is 2.86. The Hall–Kier alpha value is -3.23. The van der Waals surface area contributed by atoms with Crippen molar-refractivity contribution >= 4 is 34.9 Å². The van der Waals surface area contributed by atoms with E-state index in [1.165, 1.54) is 30.7 Å². The van der Waals surface area contributed by atoms with Gasteiger partial charge in [-0.3, -0.25) is 13.9 Å². The number of alkyl halides is 2. The van der Waals surface area contributed by atoms with E-state index in [9.17, 15) is 18.4 Å². The lowest BCUT2D eigenvalue weighted by Gasteiger charge is -2.26. The third kappa shape index (κ3) is 5.13. The highest BCUT2D eigenvalue weighted by molar-refractivity contribution is 6.31. The number of halogens is 4. The van der Waals surface area contributed by atoms with Gasteiger partial charge >= 0.3 is 5.69 Å². The summed E-state index contributed by atoms with van der Waals surface area (Å²) in [5, 5.41) is 0.451. The van der Waals surface area contributed by atoms with E-state index in [1.54, 1.807) is 19.1 Å². The molecule has 0 aliphatic carbocycles. The molecule has 2 aromatic carbocycles. The minimum atomic E-state index is -3.37. The molecule has 37 heavy (non-hydrogen) atoms. The number of hydrogen-bond acceptors (Lipinski definition) is 4. The Bertz CT molecular complexity index is 1530. The first-order chi connectivity index (χ1) is 17.4. The first-order valence-electron chi connectivity index (χ1n) is 11.6. The highest BCUT2D eigenvalue weighted by Gasteiger charge is 2.36. The second-order valence-corrected chi connectivity index (χ2v) is 9.82.